The predicted octanol–water partition coefficient (Wildman–Crippen LogP) is 2.37. The first-order valence-electron chi connectivity index (χ1n) is 8.44. The van der Waals surface area contributed by atoms with Gasteiger partial charge in [0.2, 0.25) is 5.91 Å². The third-order valence-electron chi connectivity index (χ3n) is 4.31. The molecule has 0 unspecified atom stereocenters. The van der Waals surface area contributed by atoms with Crippen LogP contribution in [0.1, 0.15) is 29.6 Å². The fourth-order valence-electron chi connectivity index (χ4n) is 2.90. The van der Waals surface area contributed by atoms with Crippen LogP contribution in [0.4, 0.5) is 0 Å². The van der Waals surface area contributed by atoms with Gasteiger partial charge in [0.05, 0.1) is 0 Å². The van der Waals surface area contributed by atoms with Gasteiger partial charge in [-0.2, -0.15) is 0 Å². The lowest BCUT2D eigenvalue weighted by molar-refractivity contribution is -0.126. The average molecular weight is 396 g/mol. The van der Waals surface area contributed by atoms with Gasteiger partial charge in [-0.25, -0.2) is 0 Å². The van der Waals surface area contributed by atoms with Crippen LogP contribution in [-0.2, 0) is 4.79 Å². The van der Waals surface area contributed by atoms with Crippen LogP contribution in [0.5, 0.6) is 0 Å². The van der Waals surface area contributed by atoms with Crippen LogP contribution in [0, 0.1) is 5.92 Å². The van der Waals surface area contributed by atoms with Gasteiger partial charge in [0, 0.05) is 35.6 Å². The minimum atomic E-state index is 0.0240. The fraction of sp³-hybridized carbons (Fsp3) is 0.556. The minimum absolute atomic E-state index is 0.0240. The van der Waals surface area contributed by atoms with E-state index in [0.29, 0.717) is 25.2 Å². The molecule has 0 aliphatic carbocycles. The maximum absolute atomic E-state index is 12.5. The maximum atomic E-state index is 12.5. The first-order chi connectivity index (χ1) is 11.5. The Balaban J connectivity index is 1.76. The quantitative estimate of drug-likeness (QED) is 0.752. The Morgan fingerprint density at radius 2 is 2.00 bits per heavy atom. The molecule has 1 aliphatic heterocycles. The predicted molar refractivity (Wildman–Crippen MR) is 99.0 cm³/mol. The largest absolute Gasteiger partial charge is 0.356 e. The number of amides is 2. The summed E-state index contributed by atoms with van der Waals surface area (Å²) in [5, 5.41) is 3.02. The van der Waals surface area contributed by atoms with Crippen LogP contribution in [0.25, 0.3) is 0 Å². The van der Waals surface area contributed by atoms with Crippen molar-refractivity contribution in [1.82, 2.24) is 15.1 Å². The van der Waals surface area contributed by atoms with Crippen molar-refractivity contribution in [1.29, 1.82) is 0 Å². The number of hydrogen-bond donors (Lipinski definition) is 1. The lowest BCUT2D eigenvalue weighted by atomic mass is 9.95. The van der Waals surface area contributed by atoms with Gasteiger partial charge in [-0.3, -0.25) is 9.59 Å². The summed E-state index contributed by atoms with van der Waals surface area (Å²) in [6.45, 7) is 2.97. The molecule has 0 radical (unpaired) electrons. The molecule has 2 amide bonds. The normalized spacial score (nSPS) is 15.6. The smallest absolute Gasteiger partial charge is 0.253 e. The molecule has 2 rings (SSSR count). The van der Waals surface area contributed by atoms with Crippen molar-refractivity contribution < 1.29 is 9.59 Å². The first kappa shape index (κ1) is 18.9. The molecule has 1 heterocycles. The molecular weight excluding hydrogens is 370 g/mol. The van der Waals surface area contributed by atoms with Crippen molar-refractivity contribution in [3.8, 4) is 0 Å². The molecule has 24 heavy (non-hydrogen) atoms. The fourth-order valence-corrected chi connectivity index (χ4v) is 3.30. The zero-order chi connectivity index (χ0) is 17.5. The molecule has 1 saturated heterocycles. The molecule has 5 nitrogen and oxygen atoms in total. The third-order valence-corrected chi connectivity index (χ3v) is 4.80. The van der Waals surface area contributed by atoms with Gasteiger partial charge in [-0.05, 0) is 58.1 Å². The molecule has 0 bridgehead atoms. The molecule has 0 atom stereocenters. The summed E-state index contributed by atoms with van der Waals surface area (Å²) in [7, 11) is 4.06. The number of nitrogens with one attached hydrogen (secondary N) is 1. The SMILES string of the molecule is CN(C)CCCNC(=O)C1CCN(C(=O)c2cccc(Br)c2)CC1. The van der Waals surface area contributed by atoms with E-state index in [9.17, 15) is 9.59 Å². The van der Waals surface area contributed by atoms with Gasteiger partial charge in [0.15, 0.2) is 0 Å². The van der Waals surface area contributed by atoms with Crippen molar-refractivity contribution in [3.63, 3.8) is 0 Å². The van der Waals surface area contributed by atoms with E-state index in [2.05, 4.69) is 26.1 Å². The number of benzene rings is 1. The Bertz CT molecular complexity index is 569. The third kappa shape index (κ3) is 5.60. The van der Waals surface area contributed by atoms with E-state index in [1.165, 1.54) is 0 Å². The lowest BCUT2D eigenvalue weighted by Crippen LogP contribution is -2.43. The minimum Gasteiger partial charge on any atom is -0.356 e. The van der Waals surface area contributed by atoms with E-state index in [0.717, 1.165) is 30.3 Å². The Kier molecular flexibility index (Phi) is 7.24. The van der Waals surface area contributed by atoms with Crippen LogP contribution < -0.4 is 5.32 Å². The van der Waals surface area contributed by atoms with Crippen molar-refractivity contribution in [2.45, 2.75) is 19.3 Å². The number of carbonyl (C=O) groups is 2. The zero-order valence-electron chi connectivity index (χ0n) is 14.4. The van der Waals surface area contributed by atoms with E-state index in [1.807, 2.05) is 43.3 Å². The number of piperidine rings is 1. The number of halogens is 1. The standard InChI is InChI=1S/C18H26BrN3O2/c1-21(2)10-4-9-20-17(23)14-7-11-22(12-8-14)18(24)15-5-3-6-16(19)13-15/h3,5-6,13-14H,4,7-12H2,1-2H3,(H,20,23). The molecular formula is C18H26BrN3O2. The van der Waals surface area contributed by atoms with E-state index in [-0.39, 0.29) is 17.7 Å². The monoisotopic (exact) mass is 395 g/mol. The van der Waals surface area contributed by atoms with E-state index in [1.54, 1.807) is 0 Å². The number of likely N-dealkylation sites (tertiary alicyclic amines) is 1. The maximum Gasteiger partial charge on any atom is 0.253 e. The average Bonchev–Trinajstić information content (AvgIpc) is 2.58. The van der Waals surface area contributed by atoms with Gasteiger partial charge < -0.3 is 15.1 Å². The lowest BCUT2D eigenvalue weighted by Gasteiger charge is -2.31. The van der Waals surface area contributed by atoms with Crippen LogP contribution >= 0.6 is 15.9 Å². The summed E-state index contributed by atoms with van der Waals surface area (Å²) < 4.78 is 0.903. The van der Waals surface area contributed by atoms with Crippen molar-refractivity contribution in [2.24, 2.45) is 5.92 Å². The van der Waals surface area contributed by atoms with Crippen LogP contribution in [0.15, 0.2) is 28.7 Å². The number of hydrogen-bond acceptors (Lipinski definition) is 3. The van der Waals surface area contributed by atoms with Gasteiger partial charge in [0.25, 0.3) is 5.91 Å². The van der Waals surface area contributed by atoms with Crippen LogP contribution in [-0.4, -0.2) is 61.9 Å². The number of carbonyl (C=O) groups excluding carboxylic acids is 2. The van der Waals surface area contributed by atoms with Crippen molar-refractivity contribution in [3.05, 3.63) is 34.3 Å². The molecule has 1 N–H and O–H groups in total. The van der Waals surface area contributed by atoms with Crippen molar-refractivity contribution in [2.75, 3.05) is 40.3 Å². The van der Waals surface area contributed by atoms with E-state index >= 15 is 0 Å². The summed E-state index contributed by atoms with van der Waals surface area (Å²) in [5.74, 6) is 0.195. The summed E-state index contributed by atoms with van der Waals surface area (Å²) in [6.07, 6.45) is 2.43. The molecule has 1 fully saturated rings. The molecule has 0 aromatic heterocycles. The Morgan fingerprint density at radius 1 is 1.29 bits per heavy atom. The summed E-state index contributed by atoms with van der Waals surface area (Å²) >= 11 is 3.40. The first-order valence-corrected chi connectivity index (χ1v) is 9.24. The Hall–Kier alpha value is -1.40. The summed E-state index contributed by atoms with van der Waals surface area (Å²) in [6, 6.07) is 7.44. The highest BCUT2D eigenvalue weighted by atomic mass is 79.9. The number of rotatable bonds is 6. The number of nitrogens with zero attached hydrogens (tertiary/aromatic N) is 2. The van der Waals surface area contributed by atoms with E-state index in [4.69, 9.17) is 0 Å². The Morgan fingerprint density at radius 3 is 2.62 bits per heavy atom. The highest BCUT2D eigenvalue weighted by molar-refractivity contribution is 9.10. The second kappa shape index (κ2) is 9.18. The van der Waals surface area contributed by atoms with Crippen LogP contribution in [0.3, 0.4) is 0 Å². The summed E-state index contributed by atoms with van der Waals surface area (Å²) in [4.78, 5) is 28.7. The highest BCUT2D eigenvalue weighted by Crippen LogP contribution is 2.20. The van der Waals surface area contributed by atoms with Gasteiger partial charge in [0.1, 0.15) is 0 Å². The van der Waals surface area contributed by atoms with Gasteiger partial charge >= 0.3 is 0 Å². The molecule has 1 aromatic carbocycles. The van der Waals surface area contributed by atoms with E-state index < -0.39 is 0 Å². The molecule has 0 saturated carbocycles. The topological polar surface area (TPSA) is 52.7 Å². The zero-order valence-corrected chi connectivity index (χ0v) is 16.0. The van der Waals surface area contributed by atoms with Gasteiger partial charge in [-0.15, -0.1) is 0 Å². The van der Waals surface area contributed by atoms with Crippen LogP contribution in [0.2, 0.25) is 0 Å². The molecule has 1 aliphatic rings. The summed E-state index contributed by atoms with van der Waals surface area (Å²) in [5.41, 5.74) is 0.691. The van der Waals surface area contributed by atoms with Crippen molar-refractivity contribution >= 4 is 27.7 Å². The molecule has 1 aromatic rings. The van der Waals surface area contributed by atoms with Gasteiger partial charge in [-0.1, -0.05) is 22.0 Å². The molecule has 6 heteroatoms. The molecule has 132 valence electrons. The Labute approximate surface area is 152 Å². The second-order valence-corrected chi connectivity index (χ2v) is 7.44. The second-order valence-electron chi connectivity index (χ2n) is 6.52. The molecule has 0 spiro atoms. The highest BCUT2D eigenvalue weighted by Gasteiger charge is 2.27.